The van der Waals surface area contributed by atoms with Gasteiger partial charge in [0.2, 0.25) is 10.0 Å². The molecule has 0 aromatic heterocycles. The van der Waals surface area contributed by atoms with Crippen molar-refractivity contribution in [3.63, 3.8) is 0 Å². The molecule has 1 aliphatic rings. The standard InChI is InChI=1S/C19H20F3N3O4S/c1-25(12-26)7-5-24(6-8-25)30(28,29)15-4-2-3-13(9-15)19(27)23-14-10-16(20)18(22)17(21)11-14/h2-4,9-11,26H,5-8,12H2,1H3/p+1. The fourth-order valence-corrected chi connectivity index (χ4v) is 4.56. The average molecular weight is 444 g/mol. The molecule has 0 unspecified atom stereocenters. The number of quaternary nitrogens is 1. The number of nitrogens with one attached hydrogen (secondary N) is 1. The first-order chi connectivity index (χ1) is 14.1. The average Bonchev–Trinajstić information content (AvgIpc) is 2.72. The molecule has 2 aromatic rings. The van der Waals surface area contributed by atoms with Crippen LogP contribution in [0.2, 0.25) is 0 Å². The number of anilines is 1. The van der Waals surface area contributed by atoms with Gasteiger partial charge in [-0.05, 0) is 18.2 Å². The molecule has 11 heteroatoms. The largest absolute Gasteiger partial charge is 0.347 e. The molecule has 30 heavy (non-hydrogen) atoms. The van der Waals surface area contributed by atoms with Crippen molar-refractivity contribution in [2.45, 2.75) is 4.90 Å². The Morgan fingerprint density at radius 2 is 1.73 bits per heavy atom. The van der Waals surface area contributed by atoms with Gasteiger partial charge in [-0.15, -0.1) is 0 Å². The van der Waals surface area contributed by atoms with E-state index in [1.165, 1.54) is 22.5 Å². The third kappa shape index (κ3) is 4.48. The van der Waals surface area contributed by atoms with Gasteiger partial charge < -0.3 is 14.9 Å². The van der Waals surface area contributed by atoms with Crippen LogP contribution < -0.4 is 5.32 Å². The lowest BCUT2D eigenvalue weighted by Crippen LogP contribution is -2.58. The summed E-state index contributed by atoms with van der Waals surface area (Å²) in [5, 5.41) is 11.6. The molecule has 0 saturated carbocycles. The zero-order chi connectivity index (χ0) is 22.1. The molecule has 3 rings (SSSR count). The van der Waals surface area contributed by atoms with Crippen molar-refractivity contribution in [2.75, 3.05) is 45.3 Å². The van der Waals surface area contributed by atoms with Crippen LogP contribution in [-0.4, -0.2) is 68.2 Å². The second-order valence-electron chi connectivity index (χ2n) is 7.35. The number of aliphatic hydroxyl groups is 1. The number of rotatable bonds is 5. The maximum absolute atomic E-state index is 13.3. The Kier molecular flexibility index (Phi) is 6.18. The number of nitrogens with zero attached hydrogens (tertiary/aromatic N) is 2. The lowest BCUT2D eigenvalue weighted by atomic mass is 10.2. The van der Waals surface area contributed by atoms with Gasteiger partial charge in [-0.3, -0.25) is 4.79 Å². The highest BCUT2D eigenvalue weighted by Gasteiger charge is 2.34. The van der Waals surface area contributed by atoms with Crippen molar-refractivity contribution < 1.29 is 36.0 Å². The summed E-state index contributed by atoms with van der Waals surface area (Å²) in [5.41, 5.74) is -0.351. The number of carbonyl (C=O) groups excluding carboxylic acids is 1. The molecule has 0 bridgehead atoms. The van der Waals surface area contributed by atoms with Gasteiger partial charge in [-0.25, -0.2) is 21.6 Å². The van der Waals surface area contributed by atoms with Gasteiger partial charge in [0.05, 0.1) is 38.1 Å². The molecule has 1 amide bonds. The monoisotopic (exact) mass is 444 g/mol. The van der Waals surface area contributed by atoms with Crippen LogP contribution in [0.1, 0.15) is 10.4 Å². The van der Waals surface area contributed by atoms with Gasteiger partial charge in [0.15, 0.2) is 24.2 Å². The van der Waals surface area contributed by atoms with Crippen LogP contribution in [0.25, 0.3) is 0 Å². The Bertz CT molecular complexity index is 1050. The van der Waals surface area contributed by atoms with Gasteiger partial charge in [-0.2, -0.15) is 4.31 Å². The predicted octanol–water partition coefficient (Wildman–Crippen LogP) is 1.76. The van der Waals surface area contributed by atoms with E-state index in [-0.39, 0.29) is 36.0 Å². The minimum absolute atomic E-state index is 0.0470. The molecule has 1 heterocycles. The second kappa shape index (κ2) is 8.34. The highest BCUT2D eigenvalue weighted by molar-refractivity contribution is 7.89. The van der Waals surface area contributed by atoms with Crippen molar-refractivity contribution in [1.82, 2.24) is 4.31 Å². The van der Waals surface area contributed by atoms with E-state index in [1.807, 2.05) is 7.05 Å². The Morgan fingerprint density at radius 1 is 1.13 bits per heavy atom. The van der Waals surface area contributed by atoms with Gasteiger partial charge >= 0.3 is 0 Å². The molecular weight excluding hydrogens is 423 g/mol. The topological polar surface area (TPSA) is 86.7 Å². The van der Waals surface area contributed by atoms with Crippen LogP contribution in [0, 0.1) is 17.5 Å². The SMILES string of the molecule is C[N+]1(CO)CCN(S(=O)(=O)c2cccc(C(=O)Nc3cc(F)c(F)c(F)c3)c2)CC1. The number of sulfonamides is 1. The summed E-state index contributed by atoms with van der Waals surface area (Å²) in [6.07, 6.45) is 0. The van der Waals surface area contributed by atoms with Crippen LogP contribution in [-0.2, 0) is 10.0 Å². The van der Waals surface area contributed by atoms with E-state index in [4.69, 9.17) is 0 Å². The number of carbonyl (C=O) groups is 1. The number of aliphatic hydroxyl groups excluding tert-OH is 1. The number of halogens is 3. The number of hydrogen-bond donors (Lipinski definition) is 2. The summed E-state index contributed by atoms with van der Waals surface area (Å²) in [7, 11) is -2.05. The number of piperazine rings is 1. The first-order valence-corrected chi connectivity index (χ1v) is 10.5. The summed E-state index contributed by atoms with van der Waals surface area (Å²) < 4.78 is 67.2. The molecule has 2 N–H and O–H groups in total. The van der Waals surface area contributed by atoms with E-state index in [1.54, 1.807) is 0 Å². The zero-order valence-electron chi connectivity index (χ0n) is 16.1. The van der Waals surface area contributed by atoms with E-state index in [9.17, 15) is 31.5 Å². The van der Waals surface area contributed by atoms with E-state index < -0.39 is 33.4 Å². The summed E-state index contributed by atoms with van der Waals surface area (Å²) >= 11 is 0. The lowest BCUT2D eigenvalue weighted by Gasteiger charge is -2.39. The predicted molar refractivity (Wildman–Crippen MR) is 102 cm³/mol. The fourth-order valence-electron chi connectivity index (χ4n) is 3.09. The molecule has 1 saturated heterocycles. The third-order valence-electron chi connectivity index (χ3n) is 5.10. The minimum Gasteiger partial charge on any atom is -0.347 e. The van der Waals surface area contributed by atoms with Crippen LogP contribution in [0.5, 0.6) is 0 Å². The van der Waals surface area contributed by atoms with Gasteiger partial charge in [-0.1, -0.05) is 6.07 Å². The van der Waals surface area contributed by atoms with Crippen molar-refractivity contribution in [2.24, 2.45) is 0 Å². The molecule has 1 aliphatic heterocycles. The Balaban J connectivity index is 1.79. The van der Waals surface area contributed by atoms with Crippen LogP contribution >= 0.6 is 0 Å². The molecule has 162 valence electrons. The maximum Gasteiger partial charge on any atom is 0.255 e. The van der Waals surface area contributed by atoms with Gasteiger partial charge in [0, 0.05) is 23.4 Å². The highest BCUT2D eigenvalue weighted by Crippen LogP contribution is 2.22. The number of hydrogen-bond acceptors (Lipinski definition) is 4. The van der Waals surface area contributed by atoms with E-state index >= 15 is 0 Å². The molecular formula is C19H21F3N3O4S+. The zero-order valence-corrected chi connectivity index (χ0v) is 16.9. The molecule has 0 radical (unpaired) electrons. The molecule has 0 atom stereocenters. The first kappa shape index (κ1) is 22.2. The van der Waals surface area contributed by atoms with Crippen LogP contribution in [0.15, 0.2) is 41.3 Å². The normalized spacial score (nSPS) is 17.0. The molecule has 0 spiro atoms. The number of benzene rings is 2. The van der Waals surface area contributed by atoms with Crippen molar-refractivity contribution in [1.29, 1.82) is 0 Å². The van der Waals surface area contributed by atoms with Gasteiger partial charge in [0.1, 0.15) is 0 Å². The van der Waals surface area contributed by atoms with Crippen molar-refractivity contribution in [3.05, 3.63) is 59.4 Å². The van der Waals surface area contributed by atoms with E-state index in [0.29, 0.717) is 29.7 Å². The summed E-state index contributed by atoms with van der Waals surface area (Å²) in [6, 6.07) is 6.49. The summed E-state index contributed by atoms with van der Waals surface area (Å²) in [4.78, 5) is 12.3. The lowest BCUT2D eigenvalue weighted by molar-refractivity contribution is -0.930. The molecule has 1 fully saturated rings. The maximum atomic E-state index is 13.3. The van der Waals surface area contributed by atoms with E-state index in [0.717, 1.165) is 6.07 Å². The minimum atomic E-state index is -3.88. The van der Waals surface area contributed by atoms with Crippen molar-refractivity contribution >= 4 is 21.6 Å². The molecule has 2 aromatic carbocycles. The first-order valence-electron chi connectivity index (χ1n) is 9.06. The van der Waals surface area contributed by atoms with Crippen molar-refractivity contribution in [3.8, 4) is 0 Å². The van der Waals surface area contributed by atoms with E-state index in [2.05, 4.69) is 5.32 Å². The molecule has 7 nitrogen and oxygen atoms in total. The Morgan fingerprint density at radius 3 is 2.30 bits per heavy atom. The quantitative estimate of drug-likeness (QED) is 0.544. The third-order valence-corrected chi connectivity index (χ3v) is 6.99. The summed E-state index contributed by atoms with van der Waals surface area (Å²) in [6.45, 7) is 1.22. The van der Waals surface area contributed by atoms with Crippen LogP contribution in [0.4, 0.5) is 18.9 Å². The smallest absolute Gasteiger partial charge is 0.255 e. The molecule has 0 aliphatic carbocycles. The van der Waals surface area contributed by atoms with Crippen LogP contribution in [0.3, 0.4) is 0 Å². The number of amides is 1. The Labute approximate surface area is 172 Å². The second-order valence-corrected chi connectivity index (χ2v) is 9.29. The fraction of sp³-hybridized carbons (Fsp3) is 0.316. The highest BCUT2D eigenvalue weighted by atomic mass is 32.2. The summed E-state index contributed by atoms with van der Waals surface area (Å²) in [5.74, 6) is -5.38. The number of likely N-dealkylation sites (N-methyl/N-ethyl adjacent to an activating group) is 1. The Hall–Kier alpha value is -2.47. The van der Waals surface area contributed by atoms with Gasteiger partial charge in [0.25, 0.3) is 5.91 Å².